The average Bonchev–Trinajstić information content (AvgIpc) is 3.38. The van der Waals surface area contributed by atoms with E-state index in [9.17, 15) is 4.79 Å². The summed E-state index contributed by atoms with van der Waals surface area (Å²) in [5, 5.41) is 11.2. The number of ether oxygens (including phenoxy) is 2. The Labute approximate surface area is 200 Å². The van der Waals surface area contributed by atoms with Gasteiger partial charge in [-0.3, -0.25) is 4.79 Å². The maximum absolute atomic E-state index is 12.7. The van der Waals surface area contributed by atoms with Crippen LogP contribution >= 0.6 is 11.6 Å². The number of hydrogen-bond donors (Lipinski definition) is 2. The van der Waals surface area contributed by atoms with Gasteiger partial charge < -0.3 is 24.9 Å². The molecule has 2 aromatic carbocycles. The van der Waals surface area contributed by atoms with Gasteiger partial charge >= 0.3 is 0 Å². The summed E-state index contributed by atoms with van der Waals surface area (Å²) in [7, 11) is 3.11. The molecule has 3 N–H and O–H groups in total. The van der Waals surface area contributed by atoms with Crippen LogP contribution in [0.4, 0.5) is 11.5 Å². The molecule has 0 aliphatic heterocycles. The van der Waals surface area contributed by atoms with E-state index >= 15 is 0 Å². The molecule has 10 nitrogen and oxygen atoms in total. The number of methoxy groups -OCH3 is 2. The summed E-state index contributed by atoms with van der Waals surface area (Å²) in [5.74, 6) is 1.59. The lowest BCUT2D eigenvalue weighted by molar-refractivity contribution is 0.102. The molecule has 11 heteroatoms. The number of rotatable bonds is 7. The Kier molecular flexibility index (Phi) is 6.42. The molecule has 0 saturated heterocycles. The summed E-state index contributed by atoms with van der Waals surface area (Å²) in [5.41, 5.74) is 8.81. The first-order chi connectivity index (χ1) is 16.3. The summed E-state index contributed by atoms with van der Waals surface area (Å²) >= 11 is 6.03. The summed E-state index contributed by atoms with van der Waals surface area (Å²) in [6, 6.07) is 10.6. The van der Waals surface area contributed by atoms with Crippen LogP contribution in [0, 0.1) is 13.8 Å². The average molecular weight is 483 g/mol. The van der Waals surface area contributed by atoms with Gasteiger partial charge in [-0.1, -0.05) is 28.9 Å². The lowest BCUT2D eigenvalue weighted by Crippen LogP contribution is -2.16. The smallest absolute Gasteiger partial charge is 0.280 e. The molecule has 0 fully saturated rings. The van der Waals surface area contributed by atoms with Gasteiger partial charge in [0.15, 0.2) is 23.0 Å². The van der Waals surface area contributed by atoms with Gasteiger partial charge in [0.1, 0.15) is 11.5 Å². The van der Waals surface area contributed by atoms with E-state index in [-0.39, 0.29) is 18.1 Å². The number of halogens is 1. The van der Waals surface area contributed by atoms with Crippen LogP contribution in [0.1, 0.15) is 27.5 Å². The lowest BCUT2D eigenvalue weighted by atomic mass is 10.2. The molecule has 0 aliphatic rings. The van der Waals surface area contributed by atoms with Crippen molar-refractivity contribution in [2.45, 2.75) is 20.4 Å². The van der Waals surface area contributed by atoms with Crippen molar-refractivity contribution < 1.29 is 18.7 Å². The number of nitrogens with zero attached hydrogens (tertiary/aromatic N) is 4. The van der Waals surface area contributed by atoms with E-state index in [2.05, 4.69) is 20.6 Å². The lowest BCUT2D eigenvalue weighted by Gasteiger charge is -2.10. The molecule has 0 atom stereocenters. The van der Waals surface area contributed by atoms with E-state index in [0.29, 0.717) is 45.1 Å². The monoisotopic (exact) mass is 482 g/mol. The number of para-hydroxylation sites is 1. The van der Waals surface area contributed by atoms with E-state index in [1.54, 1.807) is 45.4 Å². The molecule has 176 valence electrons. The fourth-order valence-electron chi connectivity index (χ4n) is 3.40. The van der Waals surface area contributed by atoms with Gasteiger partial charge in [0, 0.05) is 10.7 Å². The molecule has 1 amide bonds. The van der Waals surface area contributed by atoms with Crippen molar-refractivity contribution in [3.8, 4) is 23.0 Å². The first-order valence-corrected chi connectivity index (χ1v) is 10.6. The van der Waals surface area contributed by atoms with Gasteiger partial charge in [0.05, 0.1) is 26.3 Å². The maximum Gasteiger partial charge on any atom is 0.280 e. The van der Waals surface area contributed by atoms with Crippen LogP contribution in [0.15, 0.2) is 40.8 Å². The number of nitrogens with one attached hydrogen (secondary N) is 1. The molecule has 4 aromatic rings. The molecule has 0 spiro atoms. The zero-order valence-corrected chi connectivity index (χ0v) is 19.8. The molecule has 0 aliphatic carbocycles. The second kappa shape index (κ2) is 9.44. The fraction of sp³-hybridized carbons (Fsp3) is 0.217. The van der Waals surface area contributed by atoms with Crippen molar-refractivity contribution in [1.82, 2.24) is 20.0 Å². The molecular formula is C23H23ClN6O4. The highest BCUT2D eigenvalue weighted by molar-refractivity contribution is 6.31. The molecule has 0 radical (unpaired) electrons. The molecule has 2 aromatic heterocycles. The zero-order chi connectivity index (χ0) is 24.4. The van der Waals surface area contributed by atoms with Crippen LogP contribution in [0.25, 0.3) is 11.5 Å². The van der Waals surface area contributed by atoms with E-state index in [0.717, 1.165) is 5.56 Å². The molecule has 0 unspecified atom stereocenters. The predicted octanol–water partition coefficient (Wildman–Crippen LogP) is 4.10. The first kappa shape index (κ1) is 23.1. The number of amides is 1. The first-order valence-electron chi connectivity index (χ1n) is 10.3. The highest BCUT2D eigenvalue weighted by atomic mass is 35.5. The van der Waals surface area contributed by atoms with Gasteiger partial charge in [0.2, 0.25) is 5.89 Å². The van der Waals surface area contributed by atoms with E-state index < -0.39 is 5.91 Å². The zero-order valence-electron chi connectivity index (χ0n) is 19.0. The minimum Gasteiger partial charge on any atom is -0.493 e. The minimum absolute atomic E-state index is 0.00443. The topological polar surface area (TPSA) is 130 Å². The number of aromatic nitrogens is 4. The highest BCUT2D eigenvalue weighted by Crippen LogP contribution is 2.38. The normalized spacial score (nSPS) is 10.9. The Morgan fingerprint density at radius 1 is 1.21 bits per heavy atom. The Morgan fingerprint density at radius 3 is 2.74 bits per heavy atom. The second-order valence-corrected chi connectivity index (χ2v) is 7.89. The molecule has 34 heavy (non-hydrogen) atoms. The number of aryl methyl sites for hydroxylation is 2. The Hall–Kier alpha value is -4.05. The maximum atomic E-state index is 12.7. The number of carbonyl (C=O) groups excluding carboxylic acids is 1. The molecular weight excluding hydrogens is 460 g/mol. The van der Waals surface area contributed by atoms with Crippen molar-refractivity contribution in [2.75, 3.05) is 25.3 Å². The molecule has 0 saturated carbocycles. The number of oxazole rings is 1. The number of carbonyl (C=O) groups is 1. The summed E-state index contributed by atoms with van der Waals surface area (Å²) in [4.78, 5) is 17.3. The summed E-state index contributed by atoms with van der Waals surface area (Å²) in [6.45, 7) is 3.79. The molecule has 0 bridgehead atoms. The fourth-order valence-corrected chi connectivity index (χ4v) is 3.57. The highest BCUT2D eigenvalue weighted by Gasteiger charge is 2.22. The van der Waals surface area contributed by atoms with Crippen molar-refractivity contribution in [2.24, 2.45) is 0 Å². The Bertz CT molecular complexity index is 1360. The second-order valence-electron chi connectivity index (χ2n) is 7.46. The van der Waals surface area contributed by atoms with Crippen LogP contribution in [0.3, 0.4) is 0 Å². The van der Waals surface area contributed by atoms with Crippen LogP contribution in [0.5, 0.6) is 11.5 Å². The van der Waals surface area contributed by atoms with Crippen molar-refractivity contribution in [3.63, 3.8) is 0 Å². The number of benzene rings is 2. The van der Waals surface area contributed by atoms with Gasteiger partial charge in [-0.05, 0) is 43.7 Å². The van der Waals surface area contributed by atoms with Gasteiger partial charge in [-0.25, -0.2) is 9.67 Å². The molecule has 4 rings (SSSR count). The standard InChI is InChI=1S/C23H23ClN6O4/c1-12-8-9-14(24)10-16(12)26-22(31)19-21(25)30(29-28-19)11-17-13(2)34-23(27-17)15-6-5-7-18(32-3)20(15)33-4/h5-10H,11,25H2,1-4H3,(H,26,31). The van der Waals surface area contributed by atoms with Crippen molar-refractivity contribution >= 4 is 29.0 Å². The largest absolute Gasteiger partial charge is 0.493 e. The number of nitrogens with two attached hydrogens (primary N) is 1. The Morgan fingerprint density at radius 2 is 2.00 bits per heavy atom. The van der Waals surface area contributed by atoms with Crippen LogP contribution < -0.4 is 20.5 Å². The quantitative estimate of drug-likeness (QED) is 0.402. The van der Waals surface area contributed by atoms with Crippen molar-refractivity contribution in [3.05, 3.63) is 64.1 Å². The number of nitrogen functional groups attached to an aromatic ring is 1. The van der Waals surface area contributed by atoms with Gasteiger partial charge in [-0.2, -0.15) is 0 Å². The third-order valence-corrected chi connectivity index (χ3v) is 5.50. The summed E-state index contributed by atoms with van der Waals surface area (Å²) < 4.78 is 18.1. The summed E-state index contributed by atoms with van der Waals surface area (Å²) in [6.07, 6.45) is 0. The van der Waals surface area contributed by atoms with Crippen molar-refractivity contribution in [1.29, 1.82) is 0 Å². The van der Waals surface area contributed by atoms with E-state index in [1.807, 2.05) is 19.1 Å². The molecule has 2 heterocycles. The number of anilines is 2. The SMILES string of the molecule is COc1cccc(-c2nc(Cn3nnc(C(=O)Nc4cc(Cl)ccc4C)c3N)c(C)o2)c1OC. The third-order valence-electron chi connectivity index (χ3n) is 5.26. The van der Waals surface area contributed by atoms with Crippen LogP contribution in [-0.4, -0.2) is 40.1 Å². The van der Waals surface area contributed by atoms with E-state index in [1.165, 1.54) is 4.68 Å². The van der Waals surface area contributed by atoms with Crippen LogP contribution in [0.2, 0.25) is 5.02 Å². The number of hydrogen-bond acceptors (Lipinski definition) is 8. The Balaban J connectivity index is 1.58. The van der Waals surface area contributed by atoms with Gasteiger partial charge in [-0.15, -0.1) is 5.10 Å². The van der Waals surface area contributed by atoms with Gasteiger partial charge in [0.25, 0.3) is 5.91 Å². The minimum atomic E-state index is -0.493. The van der Waals surface area contributed by atoms with Crippen LogP contribution in [-0.2, 0) is 6.54 Å². The third kappa shape index (κ3) is 4.40. The predicted molar refractivity (Wildman–Crippen MR) is 127 cm³/mol. The van der Waals surface area contributed by atoms with E-state index in [4.69, 9.17) is 31.2 Å².